The van der Waals surface area contributed by atoms with Crippen molar-refractivity contribution in [1.82, 2.24) is 4.98 Å². The summed E-state index contributed by atoms with van der Waals surface area (Å²) in [5.74, 6) is -0.506. The third-order valence-electron chi connectivity index (χ3n) is 1.52. The van der Waals surface area contributed by atoms with Crippen molar-refractivity contribution < 1.29 is 13.9 Å². The lowest BCUT2D eigenvalue weighted by Gasteiger charge is -2.08. The second-order valence-corrected chi connectivity index (χ2v) is 2.52. The molecule has 0 amide bonds. The Balaban J connectivity index is 3.01. The van der Waals surface area contributed by atoms with Crippen LogP contribution in [-0.4, -0.2) is 18.2 Å². The molecule has 1 aromatic heterocycles. The molecule has 4 nitrogen and oxygen atoms in total. The molecule has 14 heavy (non-hydrogen) atoms. The second-order valence-electron chi connectivity index (χ2n) is 2.52. The van der Waals surface area contributed by atoms with Gasteiger partial charge < -0.3 is 15.2 Å². The first kappa shape index (κ1) is 10.6. The highest BCUT2D eigenvalue weighted by Crippen LogP contribution is 2.25. The van der Waals surface area contributed by atoms with Crippen LogP contribution >= 0.6 is 0 Å². The lowest BCUT2D eigenvalue weighted by molar-refractivity contribution is 0.303. The standard InChI is InChI=1S/C9H13FN2O2/c1-3-13-6-5-7(14-4-2)12-9(11)8(6)10/h5H,3-4H2,1-2H3,(H2,11,12). The molecule has 0 atom stereocenters. The highest BCUT2D eigenvalue weighted by Gasteiger charge is 2.11. The van der Waals surface area contributed by atoms with Crippen molar-refractivity contribution in [3.05, 3.63) is 11.9 Å². The zero-order valence-electron chi connectivity index (χ0n) is 8.21. The fourth-order valence-corrected chi connectivity index (χ4v) is 0.984. The van der Waals surface area contributed by atoms with Gasteiger partial charge in [0.2, 0.25) is 11.7 Å². The first-order valence-electron chi connectivity index (χ1n) is 4.40. The SMILES string of the molecule is CCOc1cc(OCC)c(F)c(N)n1. The maximum absolute atomic E-state index is 13.2. The average Bonchev–Trinajstić information content (AvgIpc) is 2.14. The summed E-state index contributed by atoms with van der Waals surface area (Å²) in [5, 5.41) is 0. The molecular weight excluding hydrogens is 187 g/mol. The molecule has 0 bridgehead atoms. The number of hydrogen-bond donors (Lipinski definition) is 1. The van der Waals surface area contributed by atoms with E-state index in [2.05, 4.69) is 4.98 Å². The van der Waals surface area contributed by atoms with Gasteiger partial charge in [0.1, 0.15) is 0 Å². The molecule has 0 spiro atoms. The minimum atomic E-state index is -0.643. The molecule has 0 aliphatic carbocycles. The number of nitrogen functional groups attached to an aromatic ring is 1. The van der Waals surface area contributed by atoms with Crippen LogP contribution in [0.15, 0.2) is 6.07 Å². The molecule has 0 fully saturated rings. The van der Waals surface area contributed by atoms with Gasteiger partial charge in [0.15, 0.2) is 11.6 Å². The maximum atomic E-state index is 13.2. The van der Waals surface area contributed by atoms with E-state index in [9.17, 15) is 4.39 Å². The molecule has 0 saturated carbocycles. The van der Waals surface area contributed by atoms with E-state index in [0.29, 0.717) is 13.2 Å². The largest absolute Gasteiger partial charge is 0.490 e. The Kier molecular flexibility index (Phi) is 3.50. The van der Waals surface area contributed by atoms with Gasteiger partial charge >= 0.3 is 0 Å². The smallest absolute Gasteiger partial charge is 0.219 e. The van der Waals surface area contributed by atoms with Crippen molar-refractivity contribution in [1.29, 1.82) is 0 Å². The molecule has 5 heteroatoms. The summed E-state index contributed by atoms with van der Waals surface area (Å²) in [6, 6.07) is 1.39. The number of pyridine rings is 1. The summed E-state index contributed by atoms with van der Waals surface area (Å²) in [5.41, 5.74) is 5.34. The second kappa shape index (κ2) is 4.64. The van der Waals surface area contributed by atoms with Gasteiger partial charge in [-0.05, 0) is 13.8 Å². The summed E-state index contributed by atoms with van der Waals surface area (Å²) in [7, 11) is 0. The Bertz CT molecular complexity index is 318. The predicted molar refractivity (Wildman–Crippen MR) is 50.9 cm³/mol. The van der Waals surface area contributed by atoms with Gasteiger partial charge in [0.25, 0.3) is 0 Å². The van der Waals surface area contributed by atoms with Crippen LogP contribution in [0.5, 0.6) is 11.6 Å². The van der Waals surface area contributed by atoms with Crippen LogP contribution < -0.4 is 15.2 Å². The molecule has 0 saturated heterocycles. The summed E-state index contributed by atoms with van der Waals surface area (Å²) in [4.78, 5) is 3.71. The summed E-state index contributed by atoms with van der Waals surface area (Å²) in [6.07, 6.45) is 0. The van der Waals surface area contributed by atoms with Gasteiger partial charge in [-0.2, -0.15) is 9.37 Å². The van der Waals surface area contributed by atoms with E-state index in [1.807, 2.05) is 6.92 Å². The first-order valence-corrected chi connectivity index (χ1v) is 4.40. The minimum absolute atomic E-state index is 0.0726. The molecule has 1 heterocycles. The lowest BCUT2D eigenvalue weighted by atomic mass is 10.4. The normalized spacial score (nSPS) is 9.93. The van der Waals surface area contributed by atoms with Crippen LogP contribution in [0.4, 0.5) is 10.2 Å². The van der Waals surface area contributed by atoms with Crippen molar-refractivity contribution in [2.75, 3.05) is 18.9 Å². The summed E-state index contributed by atoms with van der Waals surface area (Å²) in [6.45, 7) is 4.38. The first-order chi connectivity index (χ1) is 6.69. The third-order valence-corrected chi connectivity index (χ3v) is 1.52. The predicted octanol–water partition coefficient (Wildman–Crippen LogP) is 1.60. The fourth-order valence-electron chi connectivity index (χ4n) is 0.984. The zero-order valence-corrected chi connectivity index (χ0v) is 8.21. The van der Waals surface area contributed by atoms with E-state index in [1.54, 1.807) is 6.92 Å². The van der Waals surface area contributed by atoms with Gasteiger partial charge in [-0.25, -0.2) is 0 Å². The van der Waals surface area contributed by atoms with Crippen LogP contribution in [0.3, 0.4) is 0 Å². The third kappa shape index (κ3) is 2.25. The van der Waals surface area contributed by atoms with Crippen LogP contribution in [-0.2, 0) is 0 Å². The minimum Gasteiger partial charge on any atom is -0.490 e. The zero-order chi connectivity index (χ0) is 10.6. The number of ether oxygens (including phenoxy) is 2. The average molecular weight is 200 g/mol. The number of anilines is 1. The Labute approximate surface area is 81.8 Å². The molecule has 78 valence electrons. The molecule has 0 aromatic carbocycles. The van der Waals surface area contributed by atoms with E-state index >= 15 is 0 Å². The van der Waals surface area contributed by atoms with Gasteiger partial charge in [-0.3, -0.25) is 0 Å². The van der Waals surface area contributed by atoms with Crippen LogP contribution in [0.2, 0.25) is 0 Å². The summed E-state index contributed by atoms with van der Waals surface area (Å²) >= 11 is 0. The van der Waals surface area contributed by atoms with Crippen molar-refractivity contribution in [3.8, 4) is 11.6 Å². The number of nitrogens with zero attached hydrogens (tertiary/aromatic N) is 1. The van der Waals surface area contributed by atoms with E-state index < -0.39 is 5.82 Å². The fraction of sp³-hybridized carbons (Fsp3) is 0.444. The monoisotopic (exact) mass is 200 g/mol. The molecule has 0 aliphatic rings. The summed E-state index contributed by atoms with van der Waals surface area (Å²) < 4.78 is 23.4. The maximum Gasteiger partial charge on any atom is 0.219 e. The molecule has 0 radical (unpaired) electrons. The van der Waals surface area contributed by atoms with E-state index in [0.717, 1.165) is 0 Å². The van der Waals surface area contributed by atoms with E-state index in [4.69, 9.17) is 15.2 Å². The van der Waals surface area contributed by atoms with Crippen LogP contribution in [0.25, 0.3) is 0 Å². The lowest BCUT2D eigenvalue weighted by Crippen LogP contribution is -2.04. The topological polar surface area (TPSA) is 57.4 Å². The van der Waals surface area contributed by atoms with E-state index in [1.165, 1.54) is 6.07 Å². The van der Waals surface area contributed by atoms with Gasteiger partial charge in [-0.15, -0.1) is 0 Å². The van der Waals surface area contributed by atoms with Crippen LogP contribution in [0.1, 0.15) is 13.8 Å². The Morgan fingerprint density at radius 2 is 2.00 bits per heavy atom. The van der Waals surface area contributed by atoms with Gasteiger partial charge in [0.05, 0.1) is 13.2 Å². The number of nitrogens with two attached hydrogens (primary N) is 1. The molecule has 0 unspecified atom stereocenters. The highest BCUT2D eigenvalue weighted by molar-refractivity contribution is 5.43. The van der Waals surface area contributed by atoms with Gasteiger partial charge in [-0.1, -0.05) is 0 Å². The number of hydrogen-bond acceptors (Lipinski definition) is 4. The molecule has 1 rings (SSSR count). The number of halogens is 1. The Morgan fingerprint density at radius 1 is 1.36 bits per heavy atom. The van der Waals surface area contributed by atoms with Crippen molar-refractivity contribution in [3.63, 3.8) is 0 Å². The van der Waals surface area contributed by atoms with Crippen molar-refractivity contribution in [2.45, 2.75) is 13.8 Å². The molecule has 0 aliphatic heterocycles. The van der Waals surface area contributed by atoms with Crippen molar-refractivity contribution in [2.24, 2.45) is 0 Å². The Morgan fingerprint density at radius 3 is 2.57 bits per heavy atom. The number of aromatic nitrogens is 1. The van der Waals surface area contributed by atoms with Gasteiger partial charge in [0, 0.05) is 6.07 Å². The highest BCUT2D eigenvalue weighted by atomic mass is 19.1. The van der Waals surface area contributed by atoms with Crippen LogP contribution in [0, 0.1) is 5.82 Å². The molecule has 1 aromatic rings. The molecular formula is C9H13FN2O2. The quantitative estimate of drug-likeness (QED) is 0.802. The Hall–Kier alpha value is -1.52. The molecule has 2 N–H and O–H groups in total. The van der Waals surface area contributed by atoms with E-state index in [-0.39, 0.29) is 17.4 Å². The number of rotatable bonds is 4. The van der Waals surface area contributed by atoms with Crippen molar-refractivity contribution >= 4 is 5.82 Å².